The van der Waals surface area contributed by atoms with Gasteiger partial charge in [-0.15, -0.1) is 15.3 Å². The Morgan fingerprint density at radius 2 is 2.04 bits per heavy atom. The van der Waals surface area contributed by atoms with Gasteiger partial charge in [-0.05, 0) is 43.4 Å². The smallest absolute Gasteiger partial charge is 0.242 e. The van der Waals surface area contributed by atoms with Crippen LogP contribution in [0.2, 0.25) is 0 Å². The molecule has 27 heavy (non-hydrogen) atoms. The fraction of sp³-hybridized carbons (Fsp3) is 0.588. The molecule has 146 valence electrons. The van der Waals surface area contributed by atoms with Crippen LogP contribution in [0.5, 0.6) is 0 Å². The molecule has 2 N–H and O–H groups in total. The Morgan fingerprint density at radius 1 is 1.26 bits per heavy atom. The summed E-state index contributed by atoms with van der Waals surface area (Å²) in [5.74, 6) is 1.79. The van der Waals surface area contributed by atoms with Gasteiger partial charge in [-0.1, -0.05) is 0 Å². The van der Waals surface area contributed by atoms with E-state index in [9.17, 15) is 9.59 Å². The van der Waals surface area contributed by atoms with Gasteiger partial charge in [0.1, 0.15) is 11.9 Å². The molecule has 1 fully saturated rings. The van der Waals surface area contributed by atoms with Crippen LogP contribution in [0, 0.1) is 0 Å². The third kappa shape index (κ3) is 4.88. The van der Waals surface area contributed by atoms with E-state index in [0.29, 0.717) is 17.9 Å². The minimum Gasteiger partial charge on any atom is -0.355 e. The highest BCUT2D eigenvalue weighted by Gasteiger charge is 2.20. The molecular formula is C17H25N7O2S. The second-order valence-electron chi connectivity index (χ2n) is 6.52. The lowest BCUT2D eigenvalue weighted by Gasteiger charge is -2.17. The van der Waals surface area contributed by atoms with Crippen molar-refractivity contribution in [2.24, 2.45) is 0 Å². The fourth-order valence-corrected chi connectivity index (χ4v) is 3.56. The highest BCUT2D eigenvalue weighted by atomic mass is 32.2. The molecular weight excluding hydrogens is 366 g/mol. The predicted octanol–water partition coefficient (Wildman–Crippen LogP) is 0.599. The standard InChI is InChI=1S/C17H25N7O2S/c1-12(25)19-13(7-10-27-2)17(26)18-11-16-21-20-14-5-6-15(22-24(14)16)23-8-3-4-9-23/h5-6,13H,3-4,7-11H2,1-2H3,(H,18,26)(H,19,25)/t13-/m1/s1. The van der Waals surface area contributed by atoms with Gasteiger partial charge < -0.3 is 15.5 Å². The van der Waals surface area contributed by atoms with Crippen molar-refractivity contribution in [1.29, 1.82) is 0 Å². The van der Waals surface area contributed by atoms with Crippen LogP contribution < -0.4 is 15.5 Å². The SMILES string of the molecule is CSCC[C@@H](NC(C)=O)C(=O)NCc1nnc2ccc(N3CCCC3)nn12. The van der Waals surface area contributed by atoms with Gasteiger partial charge in [-0.3, -0.25) is 9.59 Å². The number of fused-ring (bicyclic) bond motifs is 1. The Morgan fingerprint density at radius 3 is 2.74 bits per heavy atom. The molecule has 0 spiro atoms. The molecule has 9 nitrogen and oxygen atoms in total. The summed E-state index contributed by atoms with van der Waals surface area (Å²) in [7, 11) is 0. The maximum absolute atomic E-state index is 12.5. The lowest BCUT2D eigenvalue weighted by Crippen LogP contribution is -2.46. The van der Waals surface area contributed by atoms with Gasteiger partial charge in [0.2, 0.25) is 11.8 Å². The molecule has 3 heterocycles. The van der Waals surface area contributed by atoms with Crippen LogP contribution >= 0.6 is 11.8 Å². The van der Waals surface area contributed by atoms with Crippen LogP contribution in [0.25, 0.3) is 5.65 Å². The first kappa shape index (κ1) is 19.4. The summed E-state index contributed by atoms with van der Waals surface area (Å²) in [6.07, 6.45) is 4.88. The Labute approximate surface area is 162 Å². The molecule has 0 radical (unpaired) electrons. The number of carbonyl (C=O) groups excluding carboxylic acids is 2. The zero-order valence-electron chi connectivity index (χ0n) is 15.6. The first-order valence-corrected chi connectivity index (χ1v) is 10.5. The van der Waals surface area contributed by atoms with E-state index in [4.69, 9.17) is 0 Å². The number of aromatic nitrogens is 4. The summed E-state index contributed by atoms with van der Waals surface area (Å²) < 4.78 is 1.67. The average molecular weight is 392 g/mol. The van der Waals surface area contributed by atoms with E-state index >= 15 is 0 Å². The lowest BCUT2D eigenvalue weighted by atomic mass is 10.2. The van der Waals surface area contributed by atoms with Crippen molar-refractivity contribution in [2.45, 2.75) is 38.8 Å². The van der Waals surface area contributed by atoms with Crippen LogP contribution in [0.15, 0.2) is 12.1 Å². The monoisotopic (exact) mass is 391 g/mol. The fourth-order valence-electron chi connectivity index (χ4n) is 3.09. The summed E-state index contributed by atoms with van der Waals surface area (Å²) in [4.78, 5) is 26.1. The summed E-state index contributed by atoms with van der Waals surface area (Å²) in [6.45, 7) is 3.61. The maximum atomic E-state index is 12.5. The molecule has 2 aromatic rings. The minimum absolute atomic E-state index is 0.200. The molecule has 0 aliphatic carbocycles. The van der Waals surface area contributed by atoms with Crippen molar-refractivity contribution in [2.75, 3.05) is 30.0 Å². The molecule has 1 atom stereocenters. The van der Waals surface area contributed by atoms with E-state index in [0.717, 1.165) is 24.7 Å². The maximum Gasteiger partial charge on any atom is 0.242 e. The van der Waals surface area contributed by atoms with Crippen molar-refractivity contribution < 1.29 is 9.59 Å². The molecule has 0 bridgehead atoms. The summed E-state index contributed by atoms with van der Waals surface area (Å²) >= 11 is 1.63. The van der Waals surface area contributed by atoms with Crippen LogP contribution in [0.4, 0.5) is 5.82 Å². The molecule has 2 amide bonds. The van der Waals surface area contributed by atoms with Crippen LogP contribution in [-0.4, -0.2) is 62.8 Å². The number of amides is 2. The summed E-state index contributed by atoms with van der Waals surface area (Å²) in [5.41, 5.74) is 0.642. The number of nitrogens with one attached hydrogen (secondary N) is 2. The number of rotatable bonds is 8. The van der Waals surface area contributed by atoms with Crippen molar-refractivity contribution in [3.63, 3.8) is 0 Å². The van der Waals surface area contributed by atoms with Gasteiger partial charge in [0.25, 0.3) is 0 Å². The number of hydrogen-bond acceptors (Lipinski definition) is 7. The summed E-state index contributed by atoms with van der Waals surface area (Å²) in [5, 5.41) is 18.4. The van der Waals surface area contributed by atoms with Gasteiger partial charge in [0.05, 0.1) is 6.54 Å². The quantitative estimate of drug-likeness (QED) is 0.679. The molecule has 1 aliphatic rings. The zero-order chi connectivity index (χ0) is 19.2. The topological polar surface area (TPSA) is 105 Å². The number of nitrogens with zero attached hydrogens (tertiary/aromatic N) is 5. The van der Waals surface area contributed by atoms with Crippen molar-refractivity contribution in [3.8, 4) is 0 Å². The minimum atomic E-state index is -0.553. The van der Waals surface area contributed by atoms with Crippen molar-refractivity contribution in [1.82, 2.24) is 30.4 Å². The zero-order valence-corrected chi connectivity index (χ0v) is 16.5. The van der Waals surface area contributed by atoms with E-state index in [2.05, 4.69) is 30.8 Å². The van der Waals surface area contributed by atoms with Crippen LogP contribution in [0.1, 0.15) is 32.0 Å². The van der Waals surface area contributed by atoms with Crippen molar-refractivity contribution >= 4 is 35.0 Å². The number of hydrogen-bond donors (Lipinski definition) is 2. The van der Waals surface area contributed by atoms with E-state index < -0.39 is 6.04 Å². The van der Waals surface area contributed by atoms with E-state index in [-0.39, 0.29) is 18.4 Å². The average Bonchev–Trinajstić information content (AvgIpc) is 3.32. The second-order valence-corrected chi connectivity index (χ2v) is 7.51. The second kappa shape index (κ2) is 9.03. The Hall–Kier alpha value is -2.36. The van der Waals surface area contributed by atoms with E-state index in [1.54, 1.807) is 16.3 Å². The number of carbonyl (C=O) groups is 2. The van der Waals surface area contributed by atoms with E-state index in [1.807, 2.05) is 18.4 Å². The number of anilines is 1. The van der Waals surface area contributed by atoms with E-state index in [1.165, 1.54) is 19.8 Å². The Bertz CT molecular complexity index is 804. The van der Waals surface area contributed by atoms with Gasteiger partial charge in [-0.25, -0.2) is 0 Å². The number of thioether (sulfide) groups is 1. The molecule has 0 unspecified atom stereocenters. The van der Waals surface area contributed by atoms with Gasteiger partial charge in [-0.2, -0.15) is 16.3 Å². The van der Waals surface area contributed by atoms with Gasteiger partial charge in [0.15, 0.2) is 11.5 Å². The largest absolute Gasteiger partial charge is 0.355 e. The molecule has 1 saturated heterocycles. The van der Waals surface area contributed by atoms with Crippen LogP contribution in [-0.2, 0) is 16.1 Å². The lowest BCUT2D eigenvalue weighted by molar-refractivity contribution is -0.128. The molecule has 0 aromatic carbocycles. The highest BCUT2D eigenvalue weighted by molar-refractivity contribution is 7.98. The van der Waals surface area contributed by atoms with Gasteiger partial charge in [0, 0.05) is 20.0 Å². The van der Waals surface area contributed by atoms with Gasteiger partial charge >= 0.3 is 0 Å². The Balaban J connectivity index is 1.68. The highest BCUT2D eigenvalue weighted by Crippen LogP contribution is 2.18. The normalized spacial score (nSPS) is 15.1. The Kier molecular flexibility index (Phi) is 6.49. The molecule has 3 rings (SSSR count). The van der Waals surface area contributed by atoms with Crippen molar-refractivity contribution in [3.05, 3.63) is 18.0 Å². The summed E-state index contributed by atoms with van der Waals surface area (Å²) in [6, 6.07) is 3.28. The molecule has 10 heteroatoms. The first-order chi connectivity index (χ1) is 13.1. The molecule has 0 saturated carbocycles. The predicted molar refractivity (Wildman–Crippen MR) is 105 cm³/mol. The molecule has 1 aliphatic heterocycles. The first-order valence-electron chi connectivity index (χ1n) is 9.08. The third-order valence-electron chi connectivity index (χ3n) is 4.47. The molecule has 2 aromatic heterocycles. The third-order valence-corrected chi connectivity index (χ3v) is 5.11. The van der Waals surface area contributed by atoms with Crippen LogP contribution in [0.3, 0.4) is 0 Å².